The summed E-state index contributed by atoms with van der Waals surface area (Å²) in [5.41, 5.74) is 0.392. The Kier molecular flexibility index (Phi) is 7.06. The third-order valence-corrected chi connectivity index (χ3v) is 1.42. The van der Waals surface area contributed by atoms with E-state index in [-0.39, 0.29) is 12.9 Å². The topological polar surface area (TPSA) is 44.8 Å². The largest absolute Gasteiger partial charge is 0.460 e. The predicted octanol–water partition coefficient (Wildman–Crippen LogP) is 1.50. The Morgan fingerprint density at radius 2 is 2.00 bits per heavy atom. The zero-order valence-corrected chi connectivity index (χ0v) is 9.04. The quantitative estimate of drug-likeness (QED) is 0.271. The molecule has 1 unspecified atom stereocenters. The summed E-state index contributed by atoms with van der Waals surface area (Å²) in [5, 5.41) is 0. The lowest BCUT2D eigenvalue weighted by Crippen LogP contribution is -2.17. The lowest BCUT2D eigenvalue weighted by atomic mass is 10.4. The van der Waals surface area contributed by atoms with Crippen LogP contribution in [-0.4, -0.2) is 32.1 Å². The Morgan fingerprint density at radius 1 is 1.36 bits per heavy atom. The van der Waals surface area contributed by atoms with E-state index in [1.807, 2.05) is 6.92 Å². The molecule has 4 heteroatoms. The molecule has 4 nitrogen and oxygen atoms in total. The van der Waals surface area contributed by atoms with Gasteiger partial charge in [-0.3, -0.25) is 0 Å². The first kappa shape index (κ1) is 13.1. The molecule has 0 aliphatic carbocycles. The molecule has 0 aromatic carbocycles. The number of hydrogen-bond donors (Lipinski definition) is 0. The summed E-state index contributed by atoms with van der Waals surface area (Å²) in [7, 11) is 0. The molecule has 0 aliphatic heterocycles. The highest BCUT2D eigenvalue weighted by Gasteiger charge is 2.04. The molecule has 0 heterocycles. The SMILES string of the molecule is C=C(C)C(=O)OCCOC(C)OCC. The van der Waals surface area contributed by atoms with Crippen LogP contribution >= 0.6 is 0 Å². The van der Waals surface area contributed by atoms with Gasteiger partial charge in [-0.05, 0) is 20.8 Å². The molecule has 82 valence electrons. The summed E-state index contributed by atoms with van der Waals surface area (Å²) in [6.45, 7) is 9.91. The number of ether oxygens (including phenoxy) is 3. The molecule has 0 aliphatic rings. The molecule has 0 radical (unpaired) electrons. The van der Waals surface area contributed by atoms with Crippen LogP contribution < -0.4 is 0 Å². The second-order valence-electron chi connectivity index (χ2n) is 2.81. The monoisotopic (exact) mass is 202 g/mol. The molecule has 0 amide bonds. The van der Waals surface area contributed by atoms with Crippen molar-refractivity contribution in [1.29, 1.82) is 0 Å². The first-order valence-electron chi connectivity index (χ1n) is 4.63. The number of carbonyl (C=O) groups excluding carboxylic acids is 1. The molecule has 0 aromatic rings. The minimum atomic E-state index is -0.391. The van der Waals surface area contributed by atoms with Crippen LogP contribution in [0.4, 0.5) is 0 Å². The highest BCUT2D eigenvalue weighted by molar-refractivity contribution is 5.86. The lowest BCUT2D eigenvalue weighted by Gasteiger charge is -2.12. The third kappa shape index (κ3) is 6.62. The normalized spacial score (nSPS) is 12.2. The van der Waals surface area contributed by atoms with E-state index in [0.29, 0.717) is 18.8 Å². The Labute approximate surface area is 84.8 Å². The number of carbonyl (C=O) groups is 1. The number of hydrogen-bond acceptors (Lipinski definition) is 4. The zero-order chi connectivity index (χ0) is 11.0. The third-order valence-electron chi connectivity index (χ3n) is 1.42. The van der Waals surface area contributed by atoms with Crippen LogP contribution in [0.25, 0.3) is 0 Å². The summed E-state index contributed by atoms with van der Waals surface area (Å²) in [5.74, 6) is -0.391. The van der Waals surface area contributed by atoms with Gasteiger partial charge in [0.05, 0.1) is 6.61 Å². The lowest BCUT2D eigenvalue weighted by molar-refractivity contribution is -0.152. The van der Waals surface area contributed by atoms with Crippen molar-refractivity contribution in [2.45, 2.75) is 27.1 Å². The second kappa shape index (κ2) is 7.53. The highest BCUT2D eigenvalue weighted by atomic mass is 16.7. The van der Waals surface area contributed by atoms with Gasteiger partial charge in [-0.15, -0.1) is 0 Å². The average Bonchev–Trinajstić information content (AvgIpc) is 2.12. The van der Waals surface area contributed by atoms with Crippen molar-refractivity contribution >= 4 is 5.97 Å². The molecule has 0 spiro atoms. The van der Waals surface area contributed by atoms with Crippen LogP contribution in [0.5, 0.6) is 0 Å². The van der Waals surface area contributed by atoms with Gasteiger partial charge in [-0.1, -0.05) is 6.58 Å². The van der Waals surface area contributed by atoms with Crippen LogP contribution in [0.15, 0.2) is 12.2 Å². The van der Waals surface area contributed by atoms with Crippen molar-refractivity contribution in [3.63, 3.8) is 0 Å². The fraction of sp³-hybridized carbons (Fsp3) is 0.700. The molecule has 0 aromatic heterocycles. The zero-order valence-electron chi connectivity index (χ0n) is 9.04. The van der Waals surface area contributed by atoms with Gasteiger partial charge >= 0.3 is 5.97 Å². The Morgan fingerprint density at radius 3 is 2.50 bits per heavy atom. The van der Waals surface area contributed by atoms with Gasteiger partial charge in [0.25, 0.3) is 0 Å². The molecule has 14 heavy (non-hydrogen) atoms. The maximum absolute atomic E-state index is 10.9. The fourth-order valence-electron chi connectivity index (χ4n) is 0.754. The van der Waals surface area contributed by atoms with Gasteiger partial charge in [0.2, 0.25) is 0 Å². The van der Waals surface area contributed by atoms with Crippen LogP contribution in [0.3, 0.4) is 0 Å². The van der Waals surface area contributed by atoms with Gasteiger partial charge < -0.3 is 14.2 Å². The maximum Gasteiger partial charge on any atom is 0.333 e. The predicted molar refractivity (Wildman–Crippen MR) is 52.8 cm³/mol. The van der Waals surface area contributed by atoms with Crippen LogP contribution in [0.1, 0.15) is 20.8 Å². The number of esters is 1. The standard InChI is InChI=1S/C10H18O4/c1-5-12-9(4)13-6-7-14-10(11)8(2)3/h9H,2,5-7H2,1,3-4H3. The van der Waals surface area contributed by atoms with Crippen molar-refractivity contribution in [2.24, 2.45) is 0 Å². The summed E-state index contributed by atoms with van der Waals surface area (Å²) >= 11 is 0. The minimum absolute atomic E-state index is 0.225. The van der Waals surface area contributed by atoms with E-state index >= 15 is 0 Å². The van der Waals surface area contributed by atoms with E-state index in [0.717, 1.165) is 0 Å². The van der Waals surface area contributed by atoms with Crippen molar-refractivity contribution < 1.29 is 19.0 Å². The Balaban J connectivity index is 3.37. The van der Waals surface area contributed by atoms with Crippen molar-refractivity contribution in [3.05, 3.63) is 12.2 Å². The van der Waals surface area contributed by atoms with Crippen molar-refractivity contribution in [2.75, 3.05) is 19.8 Å². The summed E-state index contributed by atoms with van der Waals surface area (Å²) < 4.78 is 15.1. The highest BCUT2D eigenvalue weighted by Crippen LogP contribution is 1.95. The average molecular weight is 202 g/mol. The molecule has 0 saturated heterocycles. The fourth-order valence-corrected chi connectivity index (χ4v) is 0.754. The van der Waals surface area contributed by atoms with E-state index in [9.17, 15) is 4.79 Å². The van der Waals surface area contributed by atoms with Gasteiger partial charge in [0.15, 0.2) is 6.29 Å². The molecule has 0 saturated carbocycles. The van der Waals surface area contributed by atoms with E-state index in [2.05, 4.69) is 6.58 Å². The smallest absolute Gasteiger partial charge is 0.333 e. The van der Waals surface area contributed by atoms with Gasteiger partial charge in [0, 0.05) is 12.2 Å². The van der Waals surface area contributed by atoms with E-state index in [4.69, 9.17) is 14.2 Å². The first-order chi connectivity index (χ1) is 6.57. The maximum atomic E-state index is 10.9. The summed E-state index contributed by atoms with van der Waals surface area (Å²) in [4.78, 5) is 10.9. The van der Waals surface area contributed by atoms with Crippen molar-refractivity contribution in [1.82, 2.24) is 0 Å². The molecule has 0 fully saturated rings. The minimum Gasteiger partial charge on any atom is -0.460 e. The molecule has 1 atom stereocenters. The molecule has 0 bridgehead atoms. The first-order valence-corrected chi connectivity index (χ1v) is 4.63. The summed E-state index contributed by atoms with van der Waals surface area (Å²) in [6, 6.07) is 0. The van der Waals surface area contributed by atoms with Crippen LogP contribution in [-0.2, 0) is 19.0 Å². The van der Waals surface area contributed by atoms with E-state index in [1.54, 1.807) is 13.8 Å². The van der Waals surface area contributed by atoms with Crippen molar-refractivity contribution in [3.8, 4) is 0 Å². The van der Waals surface area contributed by atoms with Crippen LogP contribution in [0, 0.1) is 0 Å². The van der Waals surface area contributed by atoms with Crippen LogP contribution in [0.2, 0.25) is 0 Å². The summed E-state index contributed by atoms with van der Waals surface area (Å²) in [6.07, 6.45) is -0.261. The molecular weight excluding hydrogens is 184 g/mol. The van der Waals surface area contributed by atoms with E-state index < -0.39 is 5.97 Å². The molecule has 0 rings (SSSR count). The Bertz CT molecular complexity index is 189. The second-order valence-corrected chi connectivity index (χ2v) is 2.81. The Hall–Kier alpha value is -0.870. The van der Waals surface area contributed by atoms with E-state index in [1.165, 1.54) is 0 Å². The molecule has 0 N–H and O–H groups in total. The van der Waals surface area contributed by atoms with Gasteiger partial charge in [-0.25, -0.2) is 4.79 Å². The number of rotatable bonds is 7. The molecular formula is C10H18O4. The van der Waals surface area contributed by atoms with Gasteiger partial charge in [0.1, 0.15) is 6.61 Å². The van der Waals surface area contributed by atoms with Gasteiger partial charge in [-0.2, -0.15) is 0 Å².